The molecular formula is C10H18ClFN2O. The minimum absolute atomic E-state index is 0. The molecule has 1 amide bonds. The maximum absolute atomic E-state index is 12.8. The number of rotatable bonds is 3. The summed E-state index contributed by atoms with van der Waals surface area (Å²) in [5.41, 5.74) is 0.323. The van der Waals surface area contributed by atoms with Gasteiger partial charge < -0.3 is 10.6 Å². The van der Waals surface area contributed by atoms with Gasteiger partial charge in [-0.3, -0.25) is 4.79 Å². The van der Waals surface area contributed by atoms with Crippen LogP contribution in [0.15, 0.2) is 0 Å². The van der Waals surface area contributed by atoms with Crippen LogP contribution in [-0.2, 0) is 4.79 Å². The Labute approximate surface area is 95.6 Å². The molecule has 2 aliphatic rings. The number of amides is 1. The quantitative estimate of drug-likeness (QED) is 0.769. The third-order valence-electron chi connectivity index (χ3n) is 3.19. The molecule has 2 rings (SSSR count). The van der Waals surface area contributed by atoms with Crippen molar-refractivity contribution in [1.82, 2.24) is 10.6 Å². The lowest BCUT2D eigenvalue weighted by Crippen LogP contribution is -2.42. The van der Waals surface area contributed by atoms with E-state index < -0.39 is 6.17 Å². The van der Waals surface area contributed by atoms with Gasteiger partial charge in [0.2, 0.25) is 5.91 Å². The fraction of sp³-hybridized carbons (Fsp3) is 0.900. The van der Waals surface area contributed by atoms with E-state index in [9.17, 15) is 9.18 Å². The number of hydrogen-bond acceptors (Lipinski definition) is 2. The first-order valence-electron chi connectivity index (χ1n) is 5.24. The van der Waals surface area contributed by atoms with Crippen LogP contribution in [0.5, 0.6) is 0 Å². The third kappa shape index (κ3) is 3.31. The fourth-order valence-corrected chi connectivity index (χ4v) is 1.71. The van der Waals surface area contributed by atoms with Gasteiger partial charge in [-0.2, -0.15) is 0 Å². The number of hydrogen-bond donors (Lipinski definition) is 2. The van der Waals surface area contributed by atoms with E-state index in [4.69, 9.17) is 0 Å². The highest BCUT2D eigenvalue weighted by Crippen LogP contribution is 2.44. The molecule has 0 aromatic rings. The number of alkyl halides is 1. The molecular weight excluding hydrogens is 219 g/mol. The van der Waals surface area contributed by atoms with Crippen molar-refractivity contribution in [3.8, 4) is 0 Å². The summed E-state index contributed by atoms with van der Waals surface area (Å²) in [5.74, 6) is -0.0433. The molecule has 2 atom stereocenters. The minimum atomic E-state index is -0.859. The third-order valence-corrected chi connectivity index (χ3v) is 3.19. The van der Waals surface area contributed by atoms with Gasteiger partial charge in [-0.05, 0) is 18.3 Å². The van der Waals surface area contributed by atoms with Crippen LogP contribution >= 0.6 is 12.4 Å². The predicted molar refractivity (Wildman–Crippen MR) is 58.9 cm³/mol. The van der Waals surface area contributed by atoms with E-state index >= 15 is 0 Å². The van der Waals surface area contributed by atoms with Crippen molar-refractivity contribution in [3.63, 3.8) is 0 Å². The topological polar surface area (TPSA) is 41.1 Å². The van der Waals surface area contributed by atoms with Gasteiger partial charge in [0, 0.05) is 19.5 Å². The summed E-state index contributed by atoms with van der Waals surface area (Å²) >= 11 is 0. The van der Waals surface area contributed by atoms with Crippen molar-refractivity contribution < 1.29 is 9.18 Å². The molecule has 1 aliphatic heterocycles. The van der Waals surface area contributed by atoms with Crippen molar-refractivity contribution >= 4 is 18.3 Å². The van der Waals surface area contributed by atoms with Crippen molar-refractivity contribution in [1.29, 1.82) is 0 Å². The van der Waals surface area contributed by atoms with Gasteiger partial charge in [0.05, 0.1) is 6.04 Å². The van der Waals surface area contributed by atoms with Gasteiger partial charge in [-0.1, -0.05) is 6.92 Å². The molecule has 0 bridgehead atoms. The van der Waals surface area contributed by atoms with E-state index in [0.29, 0.717) is 18.4 Å². The van der Waals surface area contributed by atoms with E-state index in [1.54, 1.807) is 0 Å². The Balaban J connectivity index is 0.00000112. The van der Waals surface area contributed by atoms with E-state index in [0.717, 1.165) is 6.54 Å². The number of carbonyl (C=O) groups is 1. The van der Waals surface area contributed by atoms with Crippen LogP contribution in [0.25, 0.3) is 0 Å². The van der Waals surface area contributed by atoms with E-state index in [2.05, 4.69) is 17.6 Å². The number of halogens is 2. The van der Waals surface area contributed by atoms with Gasteiger partial charge in [-0.15, -0.1) is 12.4 Å². The largest absolute Gasteiger partial charge is 0.354 e. The summed E-state index contributed by atoms with van der Waals surface area (Å²) < 4.78 is 12.8. The first kappa shape index (κ1) is 12.7. The molecule has 1 heterocycles. The van der Waals surface area contributed by atoms with Crippen LogP contribution in [0.1, 0.15) is 26.2 Å². The lowest BCUT2D eigenvalue weighted by Gasteiger charge is -2.13. The second-order valence-electron chi connectivity index (χ2n) is 4.82. The van der Waals surface area contributed by atoms with Crippen LogP contribution in [0.4, 0.5) is 4.39 Å². The van der Waals surface area contributed by atoms with E-state index in [1.807, 2.05) is 0 Å². The minimum Gasteiger partial charge on any atom is -0.354 e. The molecule has 15 heavy (non-hydrogen) atoms. The summed E-state index contributed by atoms with van der Waals surface area (Å²) in [6, 6.07) is -0.313. The summed E-state index contributed by atoms with van der Waals surface area (Å²) in [7, 11) is 0. The Morgan fingerprint density at radius 3 is 2.73 bits per heavy atom. The van der Waals surface area contributed by atoms with Crippen LogP contribution in [0.3, 0.4) is 0 Å². The van der Waals surface area contributed by atoms with Crippen LogP contribution in [-0.4, -0.2) is 31.2 Å². The lowest BCUT2D eigenvalue weighted by atomic mass is 10.1. The molecule has 0 spiro atoms. The molecule has 5 heteroatoms. The summed E-state index contributed by atoms with van der Waals surface area (Å²) in [6.07, 6.45) is 1.85. The fourth-order valence-electron chi connectivity index (χ4n) is 1.71. The Kier molecular flexibility index (Phi) is 3.95. The first-order chi connectivity index (χ1) is 6.59. The highest BCUT2D eigenvalue weighted by molar-refractivity contribution is 5.85. The van der Waals surface area contributed by atoms with Crippen LogP contribution in [0, 0.1) is 5.41 Å². The standard InChI is InChI=1S/C10H17FN2O.ClH/c1-10(2-3-10)6-13-9(14)8-4-7(11)5-12-8;/h7-8,12H,2-6H2,1H3,(H,13,14);1H/t7-,8+;/m1./s1. The summed E-state index contributed by atoms with van der Waals surface area (Å²) in [6.45, 7) is 3.21. The van der Waals surface area contributed by atoms with Gasteiger partial charge in [0.15, 0.2) is 0 Å². The highest BCUT2D eigenvalue weighted by Gasteiger charge is 2.38. The van der Waals surface area contributed by atoms with Crippen molar-refractivity contribution in [3.05, 3.63) is 0 Å². The average Bonchev–Trinajstić information content (AvgIpc) is 2.71. The Morgan fingerprint density at radius 2 is 2.27 bits per heavy atom. The molecule has 0 aromatic heterocycles. The first-order valence-corrected chi connectivity index (χ1v) is 5.24. The maximum Gasteiger partial charge on any atom is 0.237 e. The molecule has 88 valence electrons. The zero-order valence-corrected chi connectivity index (χ0v) is 9.70. The van der Waals surface area contributed by atoms with Gasteiger partial charge in [0.1, 0.15) is 6.17 Å². The molecule has 3 nitrogen and oxygen atoms in total. The molecule has 1 aliphatic carbocycles. The van der Waals surface area contributed by atoms with E-state index in [-0.39, 0.29) is 24.4 Å². The molecule has 2 fully saturated rings. The summed E-state index contributed by atoms with van der Waals surface area (Å²) in [5, 5.41) is 5.76. The second-order valence-corrected chi connectivity index (χ2v) is 4.82. The SMILES string of the molecule is CC1(CNC(=O)[C@@H]2C[C@@H](F)CN2)CC1.Cl. The molecule has 1 saturated carbocycles. The normalized spacial score (nSPS) is 31.9. The predicted octanol–water partition coefficient (Wildman–Crippen LogP) is 1.02. The monoisotopic (exact) mass is 236 g/mol. The van der Waals surface area contributed by atoms with Crippen molar-refractivity contribution in [2.45, 2.75) is 38.4 Å². The van der Waals surface area contributed by atoms with Crippen molar-refractivity contribution in [2.75, 3.05) is 13.1 Å². The number of nitrogens with one attached hydrogen (secondary N) is 2. The Hall–Kier alpha value is -0.350. The smallest absolute Gasteiger partial charge is 0.237 e. The molecule has 1 saturated heterocycles. The van der Waals surface area contributed by atoms with Crippen molar-refractivity contribution in [2.24, 2.45) is 5.41 Å². The van der Waals surface area contributed by atoms with Gasteiger partial charge in [0.25, 0.3) is 0 Å². The lowest BCUT2D eigenvalue weighted by molar-refractivity contribution is -0.123. The van der Waals surface area contributed by atoms with Crippen LogP contribution in [0.2, 0.25) is 0 Å². The highest BCUT2D eigenvalue weighted by atomic mass is 35.5. The average molecular weight is 237 g/mol. The number of carbonyl (C=O) groups excluding carboxylic acids is 1. The zero-order chi connectivity index (χ0) is 10.2. The zero-order valence-electron chi connectivity index (χ0n) is 8.88. The maximum atomic E-state index is 12.8. The second kappa shape index (κ2) is 4.66. The van der Waals surface area contributed by atoms with Gasteiger partial charge >= 0.3 is 0 Å². The van der Waals surface area contributed by atoms with Gasteiger partial charge in [-0.25, -0.2) is 4.39 Å². The Bertz CT molecular complexity index is 246. The molecule has 0 radical (unpaired) electrons. The molecule has 2 N–H and O–H groups in total. The molecule has 0 aromatic carbocycles. The summed E-state index contributed by atoms with van der Waals surface area (Å²) in [4.78, 5) is 11.5. The Morgan fingerprint density at radius 1 is 1.60 bits per heavy atom. The van der Waals surface area contributed by atoms with Crippen LogP contribution < -0.4 is 10.6 Å². The van der Waals surface area contributed by atoms with E-state index in [1.165, 1.54) is 12.8 Å². The molecule has 0 unspecified atom stereocenters.